The van der Waals surface area contributed by atoms with Crippen LogP contribution in [0.5, 0.6) is 0 Å². The molecule has 1 aliphatic carbocycles. The van der Waals surface area contributed by atoms with Crippen LogP contribution in [0.1, 0.15) is 43.2 Å². The summed E-state index contributed by atoms with van der Waals surface area (Å²) in [5, 5.41) is 0. The van der Waals surface area contributed by atoms with Gasteiger partial charge in [0, 0.05) is 0 Å². The van der Waals surface area contributed by atoms with Crippen molar-refractivity contribution in [2.45, 2.75) is 51.2 Å². The van der Waals surface area contributed by atoms with Crippen LogP contribution >= 0.6 is 8.51 Å². The van der Waals surface area contributed by atoms with Crippen molar-refractivity contribution in [3.05, 3.63) is 59.7 Å². The monoisotopic (exact) mass is 521 g/mol. The van der Waals surface area contributed by atoms with Gasteiger partial charge in [0.25, 0.3) is 0 Å². The molecular weight excluding hydrogens is 499 g/mol. The van der Waals surface area contributed by atoms with E-state index < -0.39 is 20.6 Å². The van der Waals surface area contributed by atoms with Gasteiger partial charge in [0.05, 0.1) is 0 Å². The number of hydrogen-bond acceptors (Lipinski definition) is 1. The predicted octanol–water partition coefficient (Wildman–Crippen LogP) is 3.68. The van der Waals surface area contributed by atoms with Crippen LogP contribution in [-0.4, -0.2) is 31.5 Å². The minimum atomic E-state index is -2.31. The number of benzene rings is 2. The van der Waals surface area contributed by atoms with Gasteiger partial charge in [-0.15, -0.1) is 0 Å². The molecule has 1 fully saturated rings. The summed E-state index contributed by atoms with van der Waals surface area (Å²) in [6, 6.07) is 18.6. The van der Waals surface area contributed by atoms with Gasteiger partial charge in [-0.2, -0.15) is 0 Å². The molecule has 23 heavy (non-hydrogen) atoms. The van der Waals surface area contributed by atoms with Crippen molar-refractivity contribution in [3.8, 4) is 0 Å². The number of rotatable bonds is 1. The van der Waals surface area contributed by atoms with Crippen molar-refractivity contribution in [3.63, 3.8) is 0 Å². The van der Waals surface area contributed by atoms with Crippen molar-refractivity contribution in [2.24, 2.45) is 0 Å². The number of hydrogen-bond donors (Lipinski definition) is 0. The maximum absolute atomic E-state index is 7.07. The Labute approximate surface area is 150 Å². The van der Waals surface area contributed by atoms with Crippen molar-refractivity contribution in [2.75, 3.05) is 0 Å². The fraction of sp³-hybridized carbons (Fsp3) is 0.400. The zero-order valence-corrected chi connectivity index (χ0v) is 17.7. The van der Waals surface area contributed by atoms with Crippen LogP contribution in [0, 0.1) is 0 Å². The summed E-state index contributed by atoms with van der Waals surface area (Å²) in [7, 11) is 7.07. The zero-order chi connectivity index (χ0) is 15.6. The van der Waals surface area contributed by atoms with Gasteiger partial charge in [-0.1, -0.05) is 0 Å². The molecule has 2 aromatic carbocycles. The first-order valence-corrected chi connectivity index (χ1v) is 16.4. The molecule has 0 saturated heterocycles. The molecule has 120 valence electrons. The predicted molar refractivity (Wildman–Crippen MR) is 99.9 cm³/mol. The van der Waals surface area contributed by atoms with Gasteiger partial charge in [0.2, 0.25) is 0 Å². The Morgan fingerprint density at radius 1 is 0.783 bits per heavy atom. The average molecular weight is 522 g/mol. The Balaban J connectivity index is 1.76. The number of halogens is 1. The first kappa shape index (κ1) is 16.1. The van der Waals surface area contributed by atoms with E-state index in [1.54, 1.807) is 0 Å². The zero-order valence-electron chi connectivity index (χ0n) is 13.4. The summed E-state index contributed by atoms with van der Waals surface area (Å²) in [4.78, 5) is 2.73. The molecule has 4 rings (SSSR count). The van der Waals surface area contributed by atoms with Crippen LogP contribution in [0.15, 0.2) is 48.5 Å². The van der Waals surface area contributed by atoms with Gasteiger partial charge in [-0.3, -0.25) is 0 Å². The molecule has 0 bridgehead atoms. The Hall–Kier alpha value is -0.427. The Kier molecular flexibility index (Phi) is 5.04. The van der Waals surface area contributed by atoms with E-state index in [-0.39, 0.29) is 0 Å². The maximum atomic E-state index is 7.07. The molecule has 1 heterocycles. The van der Waals surface area contributed by atoms with Crippen molar-refractivity contribution >= 4 is 35.6 Å². The number of fused-ring (bicyclic) bond motifs is 2. The minimum absolute atomic E-state index is 0.742. The van der Waals surface area contributed by atoms with Gasteiger partial charge in [0.15, 0.2) is 0 Å². The molecule has 0 radical (unpaired) electrons. The fourth-order valence-corrected chi connectivity index (χ4v) is 12.7. The molecule has 0 amide bonds. The average Bonchev–Trinajstić information content (AvgIpc) is 2.61. The summed E-state index contributed by atoms with van der Waals surface area (Å²) >= 11 is -2.31. The third-order valence-electron chi connectivity index (χ3n) is 5.24. The first-order valence-electron chi connectivity index (χ1n) is 8.69. The van der Waals surface area contributed by atoms with Crippen molar-refractivity contribution < 1.29 is 0 Å². The molecular formula is C20H23BiClN. The van der Waals surface area contributed by atoms with Crippen LogP contribution in [0.3, 0.4) is 0 Å². The van der Waals surface area contributed by atoms with E-state index in [0.29, 0.717) is 0 Å². The van der Waals surface area contributed by atoms with Gasteiger partial charge < -0.3 is 0 Å². The molecule has 0 aromatic heterocycles. The molecule has 0 atom stereocenters. The normalized spacial score (nSPS) is 20.4. The summed E-state index contributed by atoms with van der Waals surface area (Å²) in [5.74, 6) is 0. The summed E-state index contributed by atoms with van der Waals surface area (Å²) < 4.78 is 2.97. The second-order valence-corrected chi connectivity index (χ2v) is 15.6. The molecule has 1 aliphatic heterocycles. The molecule has 0 N–H and O–H groups in total. The number of nitrogens with zero attached hydrogens (tertiary/aromatic N) is 1. The fourth-order valence-electron chi connectivity index (χ4n) is 4.00. The second kappa shape index (κ2) is 7.22. The van der Waals surface area contributed by atoms with Gasteiger partial charge in [-0.25, -0.2) is 0 Å². The summed E-state index contributed by atoms with van der Waals surface area (Å²) in [5.41, 5.74) is 2.97. The second-order valence-electron chi connectivity index (χ2n) is 6.74. The van der Waals surface area contributed by atoms with E-state index in [4.69, 9.17) is 8.51 Å². The SMILES string of the molecule is [Cl][Bi]1[c]2ccccc2CN(C2CCCCC2)Cc2cccc[c]21. The summed E-state index contributed by atoms with van der Waals surface area (Å²) in [6.45, 7) is 2.15. The van der Waals surface area contributed by atoms with E-state index in [2.05, 4.69) is 53.4 Å². The Morgan fingerprint density at radius 3 is 1.87 bits per heavy atom. The quantitative estimate of drug-likeness (QED) is 0.518. The molecule has 1 nitrogen and oxygen atoms in total. The van der Waals surface area contributed by atoms with Gasteiger partial charge >= 0.3 is 151 Å². The van der Waals surface area contributed by atoms with Crippen LogP contribution in [0.4, 0.5) is 0 Å². The third kappa shape index (κ3) is 3.36. The van der Waals surface area contributed by atoms with E-state index >= 15 is 0 Å². The van der Waals surface area contributed by atoms with Gasteiger partial charge in [0.1, 0.15) is 0 Å². The van der Waals surface area contributed by atoms with E-state index in [1.807, 2.05) is 0 Å². The Bertz CT molecular complexity index is 631. The topological polar surface area (TPSA) is 3.24 Å². The van der Waals surface area contributed by atoms with Crippen LogP contribution in [0.25, 0.3) is 0 Å². The first-order chi connectivity index (χ1) is 11.3. The summed E-state index contributed by atoms with van der Waals surface area (Å²) in [6.07, 6.45) is 6.91. The Morgan fingerprint density at radius 2 is 1.30 bits per heavy atom. The van der Waals surface area contributed by atoms with Crippen LogP contribution < -0.4 is 6.54 Å². The van der Waals surface area contributed by atoms with Gasteiger partial charge in [-0.05, 0) is 0 Å². The van der Waals surface area contributed by atoms with Crippen molar-refractivity contribution in [1.82, 2.24) is 4.90 Å². The molecule has 2 aliphatic rings. The molecule has 1 saturated carbocycles. The standard InChI is InChI=1S/C20H23N.Bi.ClH/c1-4-10-18(11-5-1)16-21(20-14-8-3-9-15-20)17-19-12-6-2-7-13-19;;/h1-2,4-7,10,12,20H,3,8-9,14-17H2;;1H/q;+1;/p-1. The van der Waals surface area contributed by atoms with E-state index in [0.717, 1.165) is 19.1 Å². The molecule has 2 aromatic rings. The third-order valence-corrected chi connectivity index (χ3v) is 15.1. The molecule has 3 heteroatoms. The van der Waals surface area contributed by atoms with E-state index in [9.17, 15) is 0 Å². The molecule has 0 unspecified atom stereocenters. The van der Waals surface area contributed by atoms with Crippen LogP contribution in [-0.2, 0) is 13.1 Å². The van der Waals surface area contributed by atoms with E-state index in [1.165, 1.54) is 49.8 Å². The van der Waals surface area contributed by atoms with Crippen molar-refractivity contribution in [1.29, 1.82) is 0 Å². The van der Waals surface area contributed by atoms with Crippen LogP contribution in [0.2, 0.25) is 0 Å². The molecule has 0 spiro atoms.